The topological polar surface area (TPSA) is 40.6 Å². The molecule has 0 saturated carbocycles. The van der Waals surface area contributed by atoms with Gasteiger partial charge in [-0.15, -0.1) is 11.3 Å². The van der Waals surface area contributed by atoms with Gasteiger partial charge in [-0.1, -0.05) is 57.0 Å². The lowest BCUT2D eigenvalue weighted by Crippen LogP contribution is -2.42. The van der Waals surface area contributed by atoms with Gasteiger partial charge in [-0.2, -0.15) is 0 Å². The van der Waals surface area contributed by atoms with E-state index in [9.17, 15) is 9.59 Å². The number of benzene rings is 1. The molecule has 158 valence electrons. The van der Waals surface area contributed by atoms with Crippen LogP contribution < -0.4 is 0 Å². The number of thiophene rings is 1. The first kappa shape index (κ1) is 23.1. The highest BCUT2D eigenvalue weighted by Crippen LogP contribution is 2.20. The van der Waals surface area contributed by atoms with E-state index in [1.807, 2.05) is 42.2 Å². The van der Waals surface area contributed by atoms with Gasteiger partial charge >= 0.3 is 0 Å². The largest absolute Gasteiger partial charge is 0.333 e. The van der Waals surface area contributed by atoms with Crippen LogP contribution in [0.2, 0.25) is 0 Å². The number of rotatable bonds is 12. The Kier molecular flexibility index (Phi) is 9.92. The molecule has 0 saturated heterocycles. The first-order chi connectivity index (χ1) is 14.0. The Hall–Kier alpha value is -2.14. The van der Waals surface area contributed by atoms with Crippen LogP contribution in [0.25, 0.3) is 0 Å². The maximum atomic E-state index is 13.2. The van der Waals surface area contributed by atoms with Crippen molar-refractivity contribution in [1.29, 1.82) is 0 Å². The van der Waals surface area contributed by atoms with Crippen LogP contribution in [0.15, 0.2) is 41.8 Å². The third-order valence-electron chi connectivity index (χ3n) is 5.04. The third kappa shape index (κ3) is 7.65. The maximum Gasteiger partial charge on any atom is 0.242 e. The number of carbonyl (C=O) groups is 2. The van der Waals surface area contributed by atoms with Crippen molar-refractivity contribution in [2.45, 2.75) is 66.0 Å². The summed E-state index contributed by atoms with van der Waals surface area (Å²) in [5, 5.41) is 2.07. The second-order valence-electron chi connectivity index (χ2n) is 7.53. The number of amides is 2. The van der Waals surface area contributed by atoms with Crippen molar-refractivity contribution in [3.63, 3.8) is 0 Å². The summed E-state index contributed by atoms with van der Waals surface area (Å²) in [6.45, 7) is 8.20. The van der Waals surface area contributed by atoms with Crippen molar-refractivity contribution < 1.29 is 9.59 Å². The Labute approximate surface area is 179 Å². The second-order valence-corrected chi connectivity index (χ2v) is 8.54. The van der Waals surface area contributed by atoms with Gasteiger partial charge in [0, 0.05) is 24.4 Å². The molecule has 0 N–H and O–H groups in total. The molecule has 1 aromatic carbocycles. The van der Waals surface area contributed by atoms with Crippen LogP contribution in [0, 0.1) is 6.92 Å². The summed E-state index contributed by atoms with van der Waals surface area (Å²) in [4.78, 5) is 30.7. The van der Waals surface area contributed by atoms with Gasteiger partial charge in [-0.05, 0) is 42.3 Å². The van der Waals surface area contributed by atoms with E-state index in [2.05, 4.69) is 25.3 Å². The molecular weight excluding hydrogens is 380 g/mol. The van der Waals surface area contributed by atoms with Crippen LogP contribution in [0.4, 0.5) is 0 Å². The Balaban J connectivity index is 2.11. The number of hydrogen-bond acceptors (Lipinski definition) is 3. The summed E-state index contributed by atoms with van der Waals surface area (Å²) in [5.74, 6) is 0.111. The molecule has 0 bridgehead atoms. The molecule has 0 radical (unpaired) electrons. The Morgan fingerprint density at radius 3 is 2.28 bits per heavy atom. The van der Waals surface area contributed by atoms with Gasteiger partial charge in [0.15, 0.2) is 0 Å². The average molecular weight is 415 g/mol. The van der Waals surface area contributed by atoms with E-state index in [0.29, 0.717) is 26.1 Å². The summed E-state index contributed by atoms with van der Waals surface area (Å²) in [5.41, 5.74) is 2.31. The molecular formula is C24H34N2O2S. The predicted molar refractivity (Wildman–Crippen MR) is 121 cm³/mol. The van der Waals surface area contributed by atoms with Gasteiger partial charge in [-0.25, -0.2) is 0 Å². The van der Waals surface area contributed by atoms with Crippen molar-refractivity contribution in [3.8, 4) is 0 Å². The Morgan fingerprint density at radius 2 is 1.66 bits per heavy atom. The standard InChI is InChI=1S/C24H34N2O2S/c1-4-6-8-13-23(27)25(15-5-2)19-24(28)26(17-21-11-9-7-10-12-21)18-22-20(3)14-16-29-22/h7,9-12,14,16H,4-6,8,13,15,17-19H2,1-3H3. The number of nitrogens with zero attached hydrogens (tertiary/aromatic N) is 2. The SMILES string of the molecule is CCCCCC(=O)N(CCC)CC(=O)N(Cc1ccccc1)Cc1sccc1C. The molecule has 29 heavy (non-hydrogen) atoms. The smallest absolute Gasteiger partial charge is 0.242 e. The molecule has 4 nitrogen and oxygen atoms in total. The lowest BCUT2D eigenvalue weighted by atomic mass is 10.1. The number of carbonyl (C=O) groups excluding carboxylic acids is 2. The minimum absolute atomic E-state index is 0.0129. The zero-order chi connectivity index (χ0) is 21.1. The van der Waals surface area contributed by atoms with E-state index in [1.54, 1.807) is 16.2 Å². The third-order valence-corrected chi connectivity index (χ3v) is 6.05. The van der Waals surface area contributed by atoms with E-state index in [-0.39, 0.29) is 18.4 Å². The molecule has 0 fully saturated rings. The summed E-state index contributed by atoms with van der Waals surface area (Å²) in [7, 11) is 0. The van der Waals surface area contributed by atoms with E-state index in [0.717, 1.165) is 31.2 Å². The lowest BCUT2D eigenvalue weighted by Gasteiger charge is -2.28. The maximum absolute atomic E-state index is 13.2. The summed E-state index contributed by atoms with van der Waals surface area (Å²) >= 11 is 1.68. The quantitative estimate of drug-likeness (QED) is 0.436. The highest BCUT2D eigenvalue weighted by Gasteiger charge is 2.22. The van der Waals surface area contributed by atoms with Crippen LogP contribution in [0.1, 0.15) is 62.0 Å². The molecule has 0 atom stereocenters. The fourth-order valence-electron chi connectivity index (χ4n) is 3.28. The van der Waals surface area contributed by atoms with Crippen molar-refractivity contribution in [2.24, 2.45) is 0 Å². The van der Waals surface area contributed by atoms with Crippen LogP contribution in [-0.4, -0.2) is 34.7 Å². The van der Waals surface area contributed by atoms with Crippen LogP contribution in [0.3, 0.4) is 0 Å². The first-order valence-electron chi connectivity index (χ1n) is 10.7. The van der Waals surface area contributed by atoms with Gasteiger partial charge in [0.05, 0.1) is 13.1 Å². The van der Waals surface area contributed by atoms with Gasteiger partial charge in [-0.3, -0.25) is 9.59 Å². The van der Waals surface area contributed by atoms with E-state index in [4.69, 9.17) is 0 Å². The first-order valence-corrected chi connectivity index (χ1v) is 11.6. The zero-order valence-corrected chi connectivity index (χ0v) is 18.8. The Morgan fingerprint density at radius 1 is 0.897 bits per heavy atom. The average Bonchev–Trinajstić information content (AvgIpc) is 3.12. The summed E-state index contributed by atoms with van der Waals surface area (Å²) < 4.78 is 0. The van der Waals surface area contributed by atoms with Crippen LogP contribution in [-0.2, 0) is 22.7 Å². The monoisotopic (exact) mass is 414 g/mol. The molecule has 2 aromatic rings. The molecule has 0 unspecified atom stereocenters. The lowest BCUT2D eigenvalue weighted by molar-refractivity contribution is -0.141. The van der Waals surface area contributed by atoms with Crippen molar-refractivity contribution in [3.05, 3.63) is 57.8 Å². The minimum atomic E-state index is 0.0129. The molecule has 2 amide bonds. The van der Waals surface area contributed by atoms with E-state index < -0.39 is 0 Å². The van der Waals surface area contributed by atoms with Gasteiger partial charge in [0.25, 0.3) is 0 Å². The van der Waals surface area contributed by atoms with E-state index >= 15 is 0 Å². The van der Waals surface area contributed by atoms with Crippen LogP contribution >= 0.6 is 11.3 Å². The van der Waals surface area contributed by atoms with E-state index in [1.165, 1.54) is 10.4 Å². The highest BCUT2D eigenvalue weighted by atomic mass is 32.1. The van der Waals surface area contributed by atoms with Crippen LogP contribution in [0.5, 0.6) is 0 Å². The van der Waals surface area contributed by atoms with Crippen molar-refractivity contribution >= 4 is 23.2 Å². The fourth-order valence-corrected chi connectivity index (χ4v) is 4.21. The minimum Gasteiger partial charge on any atom is -0.333 e. The predicted octanol–water partition coefficient (Wildman–Crippen LogP) is 5.40. The van der Waals surface area contributed by atoms with Gasteiger partial charge < -0.3 is 9.80 Å². The molecule has 0 aliphatic rings. The molecule has 1 heterocycles. The molecule has 0 aliphatic carbocycles. The van der Waals surface area contributed by atoms with Gasteiger partial charge in [0.1, 0.15) is 0 Å². The number of hydrogen-bond donors (Lipinski definition) is 0. The summed E-state index contributed by atoms with van der Waals surface area (Å²) in [6, 6.07) is 12.1. The normalized spacial score (nSPS) is 10.7. The molecule has 0 spiro atoms. The van der Waals surface area contributed by atoms with Crippen molar-refractivity contribution in [1.82, 2.24) is 9.80 Å². The summed E-state index contributed by atoms with van der Waals surface area (Å²) in [6.07, 6.45) is 4.42. The second kappa shape index (κ2) is 12.4. The molecule has 5 heteroatoms. The highest BCUT2D eigenvalue weighted by molar-refractivity contribution is 7.10. The zero-order valence-electron chi connectivity index (χ0n) is 18.0. The van der Waals surface area contributed by atoms with Gasteiger partial charge in [0.2, 0.25) is 11.8 Å². The number of aryl methyl sites for hydroxylation is 1. The number of unbranched alkanes of at least 4 members (excludes halogenated alkanes) is 2. The fraction of sp³-hybridized carbons (Fsp3) is 0.500. The Bertz CT molecular complexity index is 757. The molecule has 1 aromatic heterocycles. The molecule has 2 rings (SSSR count). The molecule has 0 aliphatic heterocycles. The van der Waals surface area contributed by atoms with Crippen molar-refractivity contribution in [2.75, 3.05) is 13.1 Å².